The van der Waals surface area contributed by atoms with Crippen LogP contribution in [-0.2, 0) is 0 Å². The van der Waals surface area contributed by atoms with E-state index in [1.165, 1.54) is 0 Å². The molecule has 1 aromatic rings. The largest absolute Gasteiger partial charge is 0.633 e. The highest BCUT2D eigenvalue weighted by Gasteiger charge is 2.22. The van der Waals surface area contributed by atoms with Crippen LogP contribution < -0.4 is 10.6 Å². The maximum atomic E-state index is 11.7. The fraction of sp³-hybridized carbons (Fsp3) is 0.455. The van der Waals surface area contributed by atoms with Gasteiger partial charge in [0.25, 0.3) is 0 Å². The number of primary amides is 1. The summed E-state index contributed by atoms with van der Waals surface area (Å²) in [6.07, 6.45) is 1.56. The molecule has 1 aromatic heterocycles. The number of carbonyl (C=O) groups excluding carboxylic acids is 1. The second-order valence-electron chi connectivity index (χ2n) is 4.50. The Balaban J connectivity index is 2.13. The van der Waals surface area contributed by atoms with Gasteiger partial charge < -0.3 is 20.5 Å². The highest BCUT2D eigenvalue weighted by molar-refractivity contribution is 5.93. The number of piperazine rings is 1. The second kappa shape index (κ2) is 4.31. The standard InChI is InChI=1S/C11H16N4O2/c1-15(17)6-4-14(5-7-15)10-8-9(11(12)16)2-3-13-10/h2-3,8H,4-7H2,1H3,(H2,12,16). The van der Waals surface area contributed by atoms with Crippen LogP contribution in [0, 0.1) is 5.21 Å². The van der Waals surface area contributed by atoms with Crippen LogP contribution in [0.15, 0.2) is 18.3 Å². The van der Waals surface area contributed by atoms with Crippen molar-refractivity contribution in [3.63, 3.8) is 0 Å². The zero-order valence-electron chi connectivity index (χ0n) is 9.80. The predicted molar refractivity (Wildman–Crippen MR) is 64.3 cm³/mol. The molecule has 0 bridgehead atoms. The number of aromatic nitrogens is 1. The highest BCUT2D eigenvalue weighted by atomic mass is 16.5. The van der Waals surface area contributed by atoms with Crippen molar-refractivity contribution >= 4 is 11.7 Å². The number of quaternary nitrogens is 1. The van der Waals surface area contributed by atoms with Crippen molar-refractivity contribution in [3.05, 3.63) is 29.1 Å². The summed E-state index contributed by atoms with van der Waals surface area (Å²) in [5, 5.41) is 11.7. The van der Waals surface area contributed by atoms with Crippen molar-refractivity contribution in [2.45, 2.75) is 0 Å². The molecule has 0 aliphatic carbocycles. The molecule has 2 N–H and O–H groups in total. The third-order valence-electron chi connectivity index (χ3n) is 3.04. The van der Waals surface area contributed by atoms with Crippen molar-refractivity contribution in [2.75, 3.05) is 38.1 Å². The van der Waals surface area contributed by atoms with Gasteiger partial charge in [-0.1, -0.05) is 0 Å². The summed E-state index contributed by atoms with van der Waals surface area (Å²) in [6.45, 7) is 2.36. The van der Waals surface area contributed by atoms with Crippen LogP contribution in [0.5, 0.6) is 0 Å². The van der Waals surface area contributed by atoms with Gasteiger partial charge in [-0.25, -0.2) is 4.98 Å². The molecule has 1 saturated heterocycles. The minimum Gasteiger partial charge on any atom is -0.633 e. The van der Waals surface area contributed by atoms with Gasteiger partial charge in [0.1, 0.15) is 5.82 Å². The Morgan fingerprint density at radius 3 is 2.76 bits per heavy atom. The lowest BCUT2D eigenvalue weighted by molar-refractivity contribution is -0.861. The van der Waals surface area contributed by atoms with Crippen LogP contribution in [0.25, 0.3) is 0 Å². The van der Waals surface area contributed by atoms with E-state index < -0.39 is 5.91 Å². The maximum Gasteiger partial charge on any atom is 0.248 e. The van der Waals surface area contributed by atoms with Crippen molar-refractivity contribution in [1.82, 2.24) is 4.98 Å². The number of likely N-dealkylation sites (N-methyl/N-ethyl adjacent to an activating group) is 1. The number of carbonyl (C=O) groups is 1. The summed E-state index contributed by atoms with van der Waals surface area (Å²) >= 11 is 0. The second-order valence-corrected chi connectivity index (χ2v) is 4.50. The molecular weight excluding hydrogens is 220 g/mol. The van der Waals surface area contributed by atoms with Crippen LogP contribution >= 0.6 is 0 Å². The number of amides is 1. The third kappa shape index (κ3) is 2.72. The number of pyridine rings is 1. The molecule has 92 valence electrons. The molecule has 17 heavy (non-hydrogen) atoms. The lowest BCUT2D eigenvalue weighted by Crippen LogP contribution is -2.54. The Hall–Kier alpha value is -1.66. The minimum absolute atomic E-state index is 0.216. The normalized spacial score (nSPS) is 19.1. The monoisotopic (exact) mass is 236 g/mol. The van der Waals surface area contributed by atoms with Gasteiger partial charge in [-0.15, -0.1) is 0 Å². The van der Waals surface area contributed by atoms with E-state index in [1.807, 2.05) is 4.90 Å². The van der Waals surface area contributed by atoms with Crippen molar-refractivity contribution in [1.29, 1.82) is 0 Å². The smallest absolute Gasteiger partial charge is 0.248 e. The number of nitrogens with two attached hydrogens (primary N) is 1. The van der Waals surface area contributed by atoms with E-state index in [9.17, 15) is 10.0 Å². The summed E-state index contributed by atoms with van der Waals surface area (Å²) < 4.78 is -0.216. The molecule has 1 amide bonds. The summed E-state index contributed by atoms with van der Waals surface area (Å²) in [5.74, 6) is 0.246. The number of hydroxylamine groups is 3. The fourth-order valence-corrected chi connectivity index (χ4v) is 1.86. The number of nitrogens with zero attached hydrogens (tertiary/aromatic N) is 3. The van der Waals surface area contributed by atoms with E-state index in [0.29, 0.717) is 37.6 Å². The van der Waals surface area contributed by atoms with Gasteiger partial charge in [0.15, 0.2) is 0 Å². The molecule has 6 nitrogen and oxygen atoms in total. The molecular formula is C11H16N4O2. The summed E-state index contributed by atoms with van der Waals surface area (Å²) in [7, 11) is 1.67. The lowest BCUT2D eigenvalue weighted by Gasteiger charge is -2.45. The lowest BCUT2D eigenvalue weighted by atomic mass is 10.2. The van der Waals surface area contributed by atoms with E-state index >= 15 is 0 Å². The van der Waals surface area contributed by atoms with Crippen LogP contribution in [0.4, 0.5) is 5.82 Å². The SMILES string of the molecule is C[N+]1([O-])CCN(c2cc(C(N)=O)ccn2)CC1. The number of hydrogen-bond donors (Lipinski definition) is 1. The van der Waals surface area contributed by atoms with Crippen LogP contribution in [0.3, 0.4) is 0 Å². The zero-order valence-corrected chi connectivity index (χ0v) is 9.80. The first-order chi connectivity index (χ1) is 7.98. The van der Waals surface area contributed by atoms with Crippen molar-refractivity contribution in [2.24, 2.45) is 5.73 Å². The summed E-state index contributed by atoms with van der Waals surface area (Å²) in [4.78, 5) is 17.3. The van der Waals surface area contributed by atoms with Gasteiger partial charge in [-0.05, 0) is 12.1 Å². The van der Waals surface area contributed by atoms with Gasteiger partial charge in [0.2, 0.25) is 5.91 Å². The first kappa shape index (κ1) is 11.8. The molecule has 0 unspecified atom stereocenters. The Morgan fingerprint density at radius 2 is 2.18 bits per heavy atom. The first-order valence-electron chi connectivity index (χ1n) is 5.54. The van der Waals surface area contributed by atoms with Crippen molar-refractivity contribution < 1.29 is 9.44 Å². The molecule has 0 atom stereocenters. The van der Waals surface area contributed by atoms with Gasteiger partial charge >= 0.3 is 0 Å². The molecule has 0 saturated carbocycles. The summed E-state index contributed by atoms with van der Waals surface area (Å²) in [6, 6.07) is 3.26. The van der Waals surface area contributed by atoms with E-state index in [1.54, 1.807) is 25.4 Å². The topological polar surface area (TPSA) is 82.3 Å². The number of anilines is 1. The Morgan fingerprint density at radius 1 is 1.53 bits per heavy atom. The van der Waals surface area contributed by atoms with Crippen LogP contribution in [0.2, 0.25) is 0 Å². The molecule has 1 aliphatic heterocycles. The van der Waals surface area contributed by atoms with E-state index in [4.69, 9.17) is 5.73 Å². The van der Waals surface area contributed by atoms with Gasteiger partial charge in [-0.3, -0.25) is 4.79 Å². The minimum atomic E-state index is -0.463. The molecule has 1 aliphatic rings. The fourth-order valence-electron chi connectivity index (χ4n) is 1.86. The van der Waals surface area contributed by atoms with Crippen LogP contribution in [-0.4, -0.2) is 48.8 Å². The van der Waals surface area contributed by atoms with Gasteiger partial charge in [0, 0.05) is 11.8 Å². The van der Waals surface area contributed by atoms with Gasteiger partial charge in [0.05, 0.1) is 33.2 Å². The zero-order chi connectivity index (χ0) is 12.5. The molecule has 6 heteroatoms. The summed E-state index contributed by atoms with van der Waals surface area (Å²) in [5.41, 5.74) is 5.66. The maximum absolute atomic E-state index is 11.7. The first-order valence-corrected chi connectivity index (χ1v) is 5.54. The van der Waals surface area contributed by atoms with E-state index in [0.717, 1.165) is 0 Å². The highest BCUT2D eigenvalue weighted by Crippen LogP contribution is 2.16. The molecule has 0 radical (unpaired) electrons. The number of hydrogen-bond acceptors (Lipinski definition) is 4. The third-order valence-corrected chi connectivity index (χ3v) is 3.04. The van der Waals surface area contributed by atoms with Crippen molar-refractivity contribution in [3.8, 4) is 0 Å². The Labute approximate surface area is 99.8 Å². The molecule has 0 spiro atoms. The molecule has 0 aromatic carbocycles. The Kier molecular flexibility index (Phi) is 2.99. The predicted octanol–water partition coefficient (Wildman–Crippen LogP) is -0.0551. The van der Waals surface area contributed by atoms with E-state index in [-0.39, 0.29) is 4.65 Å². The van der Waals surface area contributed by atoms with E-state index in [2.05, 4.69) is 4.98 Å². The van der Waals surface area contributed by atoms with Crippen LogP contribution in [0.1, 0.15) is 10.4 Å². The molecule has 1 fully saturated rings. The van der Waals surface area contributed by atoms with Gasteiger partial charge in [-0.2, -0.15) is 0 Å². The average Bonchev–Trinajstić information content (AvgIpc) is 2.29. The number of rotatable bonds is 2. The Bertz CT molecular complexity index is 423. The average molecular weight is 236 g/mol. The quantitative estimate of drug-likeness (QED) is 0.576. The molecule has 2 rings (SSSR count). The molecule has 2 heterocycles.